The van der Waals surface area contributed by atoms with E-state index in [4.69, 9.17) is 0 Å². The summed E-state index contributed by atoms with van der Waals surface area (Å²) in [7, 11) is 0. The lowest BCUT2D eigenvalue weighted by molar-refractivity contribution is -0.133. The summed E-state index contributed by atoms with van der Waals surface area (Å²) in [6.07, 6.45) is 6.52. The molecule has 21 heavy (non-hydrogen) atoms. The zero-order valence-corrected chi connectivity index (χ0v) is 13.8. The fraction of sp³-hybridized carbons (Fsp3) is 0.706. The van der Waals surface area contributed by atoms with Crippen LogP contribution in [0.5, 0.6) is 0 Å². The number of aryl methyl sites for hydroxylation is 1. The van der Waals surface area contributed by atoms with Crippen LogP contribution in [-0.2, 0) is 11.2 Å². The van der Waals surface area contributed by atoms with Crippen molar-refractivity contribution in [3.8, 4) is 0 Å². The largest absolute Gasteiger partial charge is 0.338 e. The molecule has 0 saturated carbocycles. The van der Waals surface area contributed by atoms with Crippen LogP contribution in [0.15, 0.2) is 16.8 Å². The molecule has 3 heterocycles. The third-order valence-corrected chi connectivity index (χ3v) is 5.82. The Morgan fingerprint density at radius 3 is 2.86 bits per heavy atom. The van der Waals surface area contributed by atoms with Gasteiger partial charge >= 0.3 is 0 Å². The maximum absolute atomic E-state index is 12.6. The van der Waals surface area contributed by atoms with E-state index in [1.165, 1.54) is 37.8 Å². The number of likely N-dealkylation sites (N-methyl/N-ethyl adjacent to an activating group) is 1. The molecule has 2 aliphatic rings. The molecule has 2 aliphatic heterocycles. The van der Waals surface area contributed by atoms with Crippen molar-refractivity contribution in [3.63, 3.8) is 0 Å². The van der Waals surface area contributed by atoms with Gasteiger partial charge in [0.1, 0.15) is 0 Å². The number of hydrogen-bond donors (Lipinski definition) is 0. The van der Waals surface area contributed by atoms with Gasteiger partial charge in [-0.2, -0.15) is 11.3 Å². The van der Waals surface area contributed by atoms with Crippen molar-refractivity contribution < 1.29 is 4.79 Å². The minimum atomic E-state index is 0.367. The van der Waals surface area contributed by atoms with Crippen molar-refractivity contribution in [2.45, 2.75) is 57.5 Å². The average molecular weight is 306 g/mol. The summed E-state index contributed by atoms with van der Waals surface area (Å²) in [5, 5.41) is 4.25. The highest BCUT2D eigenvalue weighted by Gasteiger charge is 2.38. The van der Waals surface area contributed by atoms with Gasteiger partial charge in [-0.15, -0.1) is 0 Å². The molecule has 116 valence electrons. The summed E-state index contributed by atoms with van der Waals surface area (Å²) in [4.78, 5) is 17.4. The Morgan fingerprint density at radius 1 is 1.29 bits per heavy atom. The van der Waals surface area contributed by atoms with E-state index in [2.05, 4.69) is 33.6 Å². The average Bonchev–Trinajstić information content (AvgIpc) is 3.23. The quantitative estimate of drug-likeness (QED) is 0.834. The van der Waals surface area contributed by atoms with Crippen LogP contribution in [0.4, 0.5) is 0 Å². The summed E-state index contributed by atoms with van der Waals surface area (Å²) in [5.41, 5.74) is 1.31. The van der Waals surface area contributed by atoms with Gasteiger partial charge in [-0.25, -0.2) is 0 Å². The number of thiophene rings is 1. The first-order chi connectivity index (χ1) is 10.3. The molecule has 1 amide bonds. The van der Waals surface area contributed by atoms with E-state index in [-0.39, 0.29) is 0 Å². The molecule has 0 radical (unpaired) electrons. The van der Waals surface area contributed by atoms with Crippen molar-refractivity contribution in [2.24, 2.45) is 0 Å². The van der Waals surface area contributed by atoms with Gasteiger partial charge in [0, 0.05) is 25.0 Å². The monoisotopic (exact) mass is 306 g/mol. The third-order valence-electron chi connectivity index (χ3n) is 5.09. The molecule has 0 N–H and O–H groups in total. The molecule has 0 unspecified atom stereocenters. The van der Waals surface area contributed by atoms with Gasteiger partial charge in [0.25, 0.3) is 0 Å². The second kappa shape index (κ2) is 6.93. The Balaban J connectivity index is 1.59. The Morgan fingerprint density at radius 2 is 2.10 bits per heavy atom. The molecule has 0 aromatic carbocycles. The minimum absolute atomic E-state index is 0.367. The van der Waals surface area contributed by atoms with Crippen molar-refractivity contribution in [2.75, 3.05) is 19.6 Å². The van der Waals surface area contributed by atoms with Crippen LogP contribution in [-0.4, -0.2) is 47.4 Å². The van der Waals surface area contributed by atoms with Crippen LogP contribution in [0.1, 0.15) is 44.6 Å². The summed E-state index contributed by atoms with van der Waals surface area (Å²) in [5.74, 6) is 0.367. The molecule has 0 bridgehead atoms. The van der Waals surface area contributed by atoms with Gasteiger partial charge in [0.05, 0.1) is 0 Å². The van der Waals surface area contributed by atoms with Gasteiger partial charge in [-0.1, -0.05) is 6.92 Å². The van der Waals surface area contributed by atoms with Crippen LogP contribution in [0.2, 0.25) is 0 Å². The van der Waals surface area contributed by atoms with Crippen molar-refractivity contribution >= 4 is 17.2 Å². The van der Waals surface area contributed by atoms with Crippen molar-refractivity contribution in [1.29, 1.82) is 0 Å². The molecule has 3 rings (SSSR count). The Bertz CT molecular complexity index is 459. The Hall–Kier alpha value is -0.870. The number of likely N-dealkylation sites (tertiary alicyclic amines) is 2. The highest BCUT2D eigenvalue weighted by molar-refractivity contribution is 7.07. The molecule has 3 nitrogen and oxygen atoms in total. The second-order valence-electron chi connectivity index (χ2n) is 6.27. The summed E-state index contributed by atoms with van der Waals surface area (Å²) in [6.45, 7) is 5.56. The van der Waals surface area contributed by atoms with E-state index in [0.29, 0.717) is 24.4 Å². The fourth-order valence-electron chi connectivity index (χ4n) is 4.01. The molecule has 1 aromatic rings. The molecular weight excluding hydrogens is 280 g/mol. The Kier molecular flexibility index (Phi) is 4.96. The first-order valence-corrected chi connectivity index (χ1v) is 9.28. The number of carbonyl (C=O) groups excluding carboxylic acids is 1. The number of rotatable bonds is 5. The summed E-state index contributed by atoms with van der Waals surface area (Å²) in [6, 6.07) is 3.22. The van der Waals surface area contributed by atoms with Crippen LogP contribution < -0.4 is 0 Å². The lowest BCUT2D eigenvalue weighted by Gasteiger charge is -2.34. The first kappa shape index (κ1) is 15.0. The maximum atomic E-state index is 12.6. The van der Waals surface area contributed by atoms with E-state index in [0.717, 1.165) is 19.5 Å². The van der Waals surface area contributed by atoms with E-state index in [1.807, 2.05) is 0 Å². The van der Waals surface area contributed by atoms with Crippen molar-refractivity contribution in [3.05, 3.63) is 22.4 Å². The van der Waals surface area contributed by atoms with Crippen LogP contribution in [0.3, 0.4) is 0 Å². The predicted octanol–water partition coefficient (Wildman–Crippen LogP) is 3.16. The smallest absolute Gasteiger partial charge is 0.223 e. The SMILES string of the molecule is CCN1CCC[C@H]1[C@@H]1CCCN1C(=O)CCc1ccsc1. The molecular formula is C17H26N2OS. The van der Waals surface area contributed by atoms with Gasteiger partial charge < -0.3 is 4.90 Å². The van der Waals surface area contributed by atoms with E-state index < -0.39 is 0 Å². The fourth-order valence-corrected chi connectivity index (χ4v) is 4.72. The molecule has 0 spiro atoms. The summed E-state index contributed by atoms with van der Waals surface area (Å²) < 4.78 is 0. The van der Waals surface area contributed by atoms with Gasteiger partial charge in [0.15, 0.2) is 0 Å². The van der Waals surface area contributed by atoms with Crippen LogP contribution in [0, 0.1) is 0 Å². The predicted molar refractivity (Wildman–Crippen MR) is 87.6 cm³/mol. The zero-order valence-electron chi connectivity index (χ0n) is 13.0. The maximum Gasteiger partial charge on any atom is 0.223 e. The van der Waals surface area contributed by atoms with E-state index in [9.17, 15) is 4.79 Å². The molecule has 0 aliphatic carbocycles. The number of amides is 1. The van der Waals surface area contributed by atoms with Crippen LogP contribution >= 0.6 is 11.3 Å². The second-order valence-corrected chi connectivity index (χ2v) is 7.05. The number of nitrogens with zero attached hydrogens (tertiary/aromatic N) is 2. The molecule has 2 fully saturated rings. The highest BCUT2D eigenvalue weighted by Crippen LogP contribution is 2.30. The lowest BCUT2D eigenvalue weighted by Crippen LogP contribution is -2.48. The number of carbonyl (C=O) groups is 1. The zero-order chi connectivity index (χ0) is 14.7. The van der Waals surface area contributed by atoms with Crippen LogP contribution in [0.25, 0.3) is 0 Å². The molecule has 1 aromatic heterocycles. The van der Waals surface area contributed by atoms with Gasteiger partial charge in [-0.3, -0.25) is 9.69 Å². The van der Waals surface area contributed by atoms with Crippen molar-refractivity contribution in [1.82, 2.24) is 9.80 Å². The van der Waals surface area contributed by atoms with Gasteiger partial charge in [-0.05, 0) is 67.6 Å². The Labute approximate surface area is 131 Å². The van der Waals surface area contributed by atoms with E-state index in [1.54, 1.807) is 11.3 Å². The normalized spacial score (nSPS) is 26.6. The van der Waals surface area contributed by atoms with E-state index >= 15 is 0 Å². The molecule has 2 atom stereocenters. The topological polar surface area (TPSA) is 23.6 Å². The molecule has 4 heteroatoms. The lowest BCUT2D eigenvalue weighted by atomic mass is 10.0. The minimum Gasteiger partial charge on any atom is -0.338 e. The summed E-state index contributed by atoms with van der Waals surface area (Å²) >= 11 is 1.72. The van der Waals surface area contributed by atoms with Gasteiger partial charge in [0.2, 0.25) is 5.91 Å². The standard InChI is InChI=1S/C17H26N2OS/c1-2-18-10-3-5-15(18)16-6-4-11-19(16)17(20)8-7-14-9-12-21-13-14/h9,12-13,15-16H,2-8,10-11H2,1H3/t15-,16-/m0/s1. The first-order valence-electron chi connectivity index (χ1n) is 8.34. The molecule has 2 saturated heterocycles. The highest BCUT2D eigenvalue weighted by atomic mass is 32.1. The third kappa shape index (κ3) is 3.32. The number of hydrogen-bond acceptors (Lipinski definition) is 3.